The number of sulfonamides is 1. The molecule has 3 rings (SSSR count). The lowest BCUT2D eigenvalue weighted by Crippen LogP contribution is -2.28. The van der Waals surface area contributed by atoms with Crippen molar-refractivity contribution in [1.29, 1.82) is 0 Å². The highest BCUT2D eigenvalue weighted by Crippen LogP contribution is 2.24. The predicted octanol–water partition coefficient (Wildman–Crippen LogP) is 4.26. The smallest absolute Gasteiger partial charge is 0.251 e. The van der Waals surface area contributed by atoms with E-state index in [0.717, 1.165) is 18.4 Å². The molecule has 156 valence electrons. The Balaban J connectivity index is 1.67. The van der Waals surface area contributed by atoms with Crippen molar-refractivity contribution in [3.63, 3.8) is 0 Å². The van der Waals surface area contributed by atoms with Crippen LogP contribution in [-0.2, 0) is 15.4 Å². The van der Waals surface area contributed by atoms with Gasteiger partial charge in [-0.25, -0.2) is 8.42 Å². The Hall–Kier alpha value is -2.18. The van der Waals surface area contributed by atoms with Crippen LogP contribution in [0.25, 0.3) is 0 Å². The molecule has 1 atom stereocenters. The summed E-state index contributed by atoms with van der Waals surface area (Å²) in [7, 11) is -3.46. The molecule has 0 bridgehead atoms. The fourth-order valence-corrected chi connectivity index (χ4v) is 5.01. The molecule has 2 aromatic carbocycles. The van der Waals surface area contributed by atoms with Gasteiger partial charge in [0.2, 0.25) is 10.0 Å². The molecule has 5 nitrogen and oxygen atoms in total. The molecule has 1 N–H and O–H groups in total. The summed E-state index contributed by atoms with van der Waals surface area (Å²) in [5, 5.41) is 2.99. The Labute approximate surface area is 174 Å². The van der Waals surface area contributed by atoms with E-state index in [0.29, 0.717) is 18.7 Å². The molecule has 1 amide bonds. The summed E-state index contributed by atoms with van der Waals surface area (Å²) in [4.78, 5) is 12.8. The fraction of sp³-hybridized carbons (Fsp3) is 0.435. The number of amides is 1. The maximum atomic E-state index is 12.6. The Morgan fingerprint density at radius 3 is 2.03 bits per heavy atom. The van der Waals surface area contributed by atoms with Crippen LogP contribution in [-0.4, -0.2) is 31.7 Å². The van der Waals surface area contributed by atoms with E-state index in [1.165, 1.54) is 22.0 Å². The third-order valence-electron chi connectivity index (χ3n) is 5.44. The van der Waals surface area contributed by atoms with Crippen molar-refractivity contribution in [3.8, 4) is 0 Å². The summed E-state index contributed by atoms with van der Waals surface area (Å²) >= 11 is 0. The van der Waals surface area contributed by atoms with Gasteiger partial charge in [0.05, 0.1) is 10.9 Å². The zero-order valence-corrected chi connectivity index (χ0v) is 18.4. The minimum absolute atomic E-state index is 0.0855. The van der Waals surface area contributed by atoms with Gasteiger partial charge in [-0.3, -0.25) is 4.79 Å². The van der Waals surface area contributed by atoms with Crippen molar-refractivity contribution in [2.45, 2.75) is 56.9 Å². The second-order valence-electron chi connectivity index (χ2n) is 8.70. The molecule has 0 unspecified atom stereocenters. The van der Waals surface area contributed by atoms with Gasteiger partial charge in [-0.05, 0) is 60.6 Å². The number of nitrogens with one attached hydrogen (secondary N) is 1. The number of rotatable bonds is 5. The zero-order chi connectivity index (χ0) is 21.2. The number of benzene rings is 2. The average molecular weight is 415 g/mol. The fourth-order valence-electron chi connectivity index (χ4n) is 3.49. The first-order chi connectivity index (χ1) is 13.6. The molecule has 1 saturated heterocycles. The largest absolute Gasteiger partial charge is 0.346 e. The summed E-state index contributed by atoms with van der Waals surface area (Å²) in [6.45, 7) is 9.57. The van der Waals surface area contributed by atoms with Gasteiger partial charge in [0.1, 0.15) is 0 Å². The van der Waals surface area contributed by atoms with Crippen LogP contribution >= 0.6 is 0 Å². The predicted molar refractivity (Wildman–Crippen MR) is 115 cm³/mol. The van der Waals surface area contributed by atoms with Crippen molar-refractivity contribution >= 4 is 15.9 Å². The van der Waals surface area contributed by atoms with Gasteiger partial charge in [0.15, 0.2) is 0 Å². The average Bonchev–Trinajstić information content (AvgIpc) is 3.23. The van der Waals surface area contributed by atoms with Gasteiger partial charge in [-0.1, -0.05) is 45.0 Å². The van der Waals surface area contributed by atoms with E-state index in [4.69, 9.17) is 0 Å². The van der Waals surface area contributed by atoms with Crippen molar-refractivity contribution in [2.75, 3.05) is 13.1 Å². The van der Waals surface area contributed by atoms with Gasteiger partial charge >= 0.3 is 0 Å². The molecule has 1 fully saturated rings. The van der Waals surface area contributed by atoms with Gasteiger partial charge in [-0.15, -0.1) is 0 Å². The third kappa shape index (κ3) is 4.87. The molecular formula is C23H30N2O3S. The van der Waals surface area contributed by atoms with E-state index in [-0.39, 0.29) is 22.3 Å². The van der Waals surface area contributed by atoms with Crippen LogP contribution in [0.4, 0.5) is 0 Å². The standard InChI is InChI=1S/C23H30N2O3S/c1-17(18-7-11-20(12-8-18)23(2,3)4)24-22(26)19-9-13-21(14-10-19)29(27,28)25-15-5-6-16-25/h7-14,17H,5-6,15-16H2,1-4H3,(H,24,26)/t17-/m1/s1. The van der Waals surface area contributed by atoms with Crippen LogP contribution in [0.1, 0.15) is 68.1 Å². The lowest BCUT2D eigenvalue weighted by Gasteiger charge is -2.21. The Morgan fingerprint density at radius 1 is 0.966 bits per heavy atom. The molecule has 0 spiro atoms. The molecular weight excluding hydrogens is 384 g/mol. The minimum atomic E-state index is -3.46. The van der Waals surface area contributed by atoms with Crippen LogP contribution in [0.2, 0.25) is 0 Å². The van der Waals surface area contributed by atoms with E-state index in [9.17, 15) is 13.2 Å². The monoisotopic (exact) mass is 414 g/mol. The van der Waals surface area contributed by atoms with Crippen molar-refractivity contribution in [2.24, 2.45) is 0 Å². The number of carbonyl (C=O) groups is 1. The molecule has 29 heavy (non-hydrogen) atoms. The summed E-state index contributed by atoms with van der Waals surface area (Å²) in [6.07, 6.45) is 1.79. The Kier molecular flexibility index (Phi) is 6.15. The van der Waals surface area contributed by atoms with E-state index >= 15 is 0 Å². The molecule has 6 heteroatoms. The quantitative estimate of drug-likeness (QED) is 0.795. The van der Waals surface area contributed by atoms with Crippen molar-refractivity contribution in [3.05, 3.63) is 65.2 Å². The summed E-state index contributed by atoms with van der Waals surface area (Å²) in [6, 6.07) is 14.3. The normalized spacial score (nSPS) is 16.6. The highest BCUT2D eigenvalue weighted by atomic mass is 32.2. The minimum Gasteiger partial charge on any atom is -0.346 e. The van der Waals surface area contributed by atoms with Crippen LogP contribution < -0.4 is 5.32 Å². The first-order valence-corrected chi connectivity index (χ1v) is 11.5. The zero-order valence-electron chi connectivity index (χ0n) is 17.6. The summed E-state index contributed by atoms with van der Waals surface area (Å²) in [5.74, 6) is -0.220. The van der Waals surface area contributed by atoms with Gasteiger partial charge < -0.3 is 5.32 Å². The Bertz CT molecular complexity index is 953. The second kappa shape index (κ2) is 8.28. The van der Waals surface area contributed by atoms with Crippen molar-refractivity contribution < 1.29 is 13.2 Å². The third-order valence-corrected chi connectivity index (χ3v) is 7.36. The Morgan fingerprint density at radius 2 is 1.52 bits per heavy atom. The summed E-state index contributed by atoms with van der Waals surface area (Å²) in [5.41, 5.74) is 2.81. The number of hydrogen-bond donors (Lipinski definition) is 1. The number of nitrogens with zero attached hydrogens (tertiary/aromatic N) is 1. The lowest BCUT2D eigenvalue weighted by atomic mass is 9.86. The van der Waals surface area contributed by atoms with E-state index < -0.39 is 10.0 Å². The van der Waals surface area contributed by atoms with E-state index in [1.54, 1.807) is 12.1 Å². The highest BCUT2D eigenvalue weighted by molar-refractivity contribution is 7.89. The second-order valence-corrected chi connectivity index (χ2v) is 10.6. The lowest BCUT2D eigenvalue weighted by molar-refractivity contribution is 0.0939. The molecule has 1 heterocycles. The highest BCUT2D eigenvalue weighted by Gasteiger charge is 2.27. The first kappa shape index (κ1) is 21.5. The molecule has 0 aromatic heterocycles. The van der Waals surface area contributed by atoms with Crippen LogP contribution in [0, 0.1) is 0 Å². The van der Waals surface area contributed by atoms with Gasteiger partial charge in [0.25, 0.3) is 5.91 Å². The van der Waals surface area contributed by atoms with Crippen molar-refractivity contribution in [1.82, 2.24) is 9.62 Å². The van der Waals surface area contributed by atoms with Crippen LogP contribution in [0.15, 0.2) is 53.4 Å². The SMILES string of the molecule is C[C@@H](NC(=O)c1ccc(S(=O)(=O)N2CCCC2)cc1)c1ccc(C(C)(C)C)cc1. The maximum absolute atomic E-state index is 12.6. The van der Waals surface area contributed by atoms with E-state index in [2.05, 4.69) is 38.2 Å². The van der Waals surface area contributed by atoms with Gasteiger partial charge in [-0.2, -0.15) is 4.31 Å². The molecule has 2 aromatic rings. The maximum Gasteiger partial charge on any atom is 0.251 e. The number of carbonyl (C=O) groups excluding carboxylic acids is 1. The molecule has 1 aliphatic heterocycles. The molecule has 0 aliphatic carbocycles. The molecule has 0 radical (unpaired) electrons. The summed E-state index contributed by atoms with van der Waals surface area (Å²) < 4.78 is 26.7. The van der Waals surface area contributed by atoms with E-state index in [1.807, 2.05) is 19.1 Å². The molecule has 0 saturated carbocycles. The van der Waals surface area contributed by atoms with Crippen LogP contribution in [0.5, 0.6) is 0 Å². The van der Waals surface area contributed by atoms with Gasteiger partial charge in [0, 0.05) is 18.7 Å². The number of hydrogen-bond acceptors (Lipinski definition) is 3. The first-order valence-electron chi connectivity index (χ1n) is 10.1. The molecule has 1 aliphatic rings. The van der Waals surface area contributed by atoms with Crippen LogP contribution in [0.3, 0.4) is 0 Å². The topological polar surface area (TPSA) is 66.5 Å².